The Balaban J connectivity index is 1.18. The van der Waals surface area contributed by atoms with Gasteiger partial charge < -0.3 is 24.1 Å². The van der Waals surface area contributed by atoms with E-state index in [2.05, 4.69) is 25.1 Å². The van der Waals surface area contributed by atoms with Crippen LogP contribution in [-0.2, 0) is 6.61 Å². The average Bonchev–Trinajstić information content (AvgIpc) is 3.33. The Morgan fingerprint density at radius 2 is 1.78 bits per heavy atom. The van der Waals surface area contributed by atoms with Gasteiger partial charge in [-0.15, -0.1) is 0 Å². The lowest BCUT2D eigenvalue weighted by Crippen LogP contribution is -2.49. The Labute approximate surface area is 187 Å². The smallest absolute Gasteiger partial charge is 0.287 e. The molecule has 2 aromatic heterocycles. The average molecular weight is 438 g/mol. The minimum absolute atomic E-state index is 0.211. The van der Waals surface area contributed by atoms with Crippen LogP contribution in [-0.4, -0.2) is 67.2 Å². The molecule has 1 aliphatic heterocycles. The molecule has 1 aromatic carbocycles. The van der Waals surface area contributed by atoms with E-state index in [9.17, 15) is 4.79 Å². The van der Waals surface area contributed by atoms with Crippen LogP contribution in [0.15, 0.2) is 59.3 Å². The van der Waals surface area contributed by atoms with Crippen LogP contribution in [0.4, 0.5) is 5.95 Å². The van der Waals surface area contributed by atoms with Gasteiger partial charge in [0.2, 0.25) is 5.95 Å². The molecule has 9 nitrogen and oxygen atoms in total. The van der Waals surface area contributed by atoms with Crippen molar-refractivity contribution in [2.45, 2.75) is 6.61 Å². The molecule has 1 N–H and O–H groups in total. The first-order chi connectivity index (χ1) is 15.7. The molecule has 32 heavy (non-hydrogen) atoms. The summed E-state index contributed by atoms with van der Waals surface area (Å²) in [4.78, 5) is 25.5. The summed E-state index contributed by atoms with van der Waals surface area (Å²) in [5, 5.41) is 2.92. The summed E-state index contributed by atoms with van der Waals surface area (Å²) in [7, 11) is 1.59. The van der Waals surface area contributed by atoms with Crippen molar-refractivity contribution in [2.75, 3.05) is 51.3 Å². The van der Waals surface area contributed by atoms with E-state index >= 15 is 0 Å². The normalized spacial score (nSPS) is 14.2. The van der Waals surface area contributed by atoms with Crippen molar-refractivity contribution in [3.05, 3.63) is 66.4 Å². The fourth-order valence-electron chi connectivity index (χ4n) is 3.51. The van der Waals surface area contributed by atoms with Crippen LogP contribution in [0.2, 0.25) is 0 Å². The molecule has 1 aliphatic rings. The van der Waals surface area contributed by atoms with Gasteiger partial charge in [-0.25, -0.2) is 9.97 Å². The number of piperazine rings is 1. The molecule has 0 spiro atoms. The van der Waals surface area contributed by atoms with Gasteiger partial charge in [0.15, 0.2) is 17.3 Å². The first kappa shape index (κ1) is 21.6. The van der Waals surface area contributed by atoms with Gasteiger partial charge in [0.25, 0.3) is 5.91 Å². The zero-order valence-electron chi connectivity index (χ0n) is 18.1. The van der Waals surface area contributed by atoms with E-state index < -0.39 is 0 Å². The number of amides is 1. The van der Waals surface area contributed by atoms with E-state index in [0.717, 1.165) is 38.7 Å². The number of aromatic nitrogens is 2. The minimum atomic E-state index is -0.232. The van der Waals surface area contributed by atoms with Gasteiger partial charge in [-0.05, 0) is 30.3 Å². The van der Waals surface area contributed by atoms with Crippen molar-refractivity contribution >= 4 is 11.9 Å². The number of hydrogen-bond acceptors (Lipinski definition) is 8. The van der Waals surface area contributed by atoms with Crippen molar-refractivity contribution in [3.8, 4) is 11.5 Å². The fourth-order valence-corrected chi connectivity index (χ4v) is 3.51. The Morgan fingerprint density at radius 1 is 1.03 bits per heavy atom. The summed E-state index contributed by atoms with van der Waals surface area (Å²) >= 11 is 0. The number of methoxy groups -OCH3 is 1. The summed E-state index contributed by atoms with van der Waals surface area (Å²) < 4.78 is 16.6. The first-order valence-corrected chi connectivity index (χ1v) is 10.6. The molecule has 9 heteroatoms. The maximum Gasteiger partial charge on any atom is 0.287 e. The second kappa shape index (κ2) is 10.6. The topological polar surface area (TPSA) is 93.0 Å². The van der Waals surface area contributed by atoms with E-state index in [-0.39, 0.29) is 18.3 Å². The maximum atomic E-state index is 12.4. The van der Waals surface area contributed by atoms with E-state index in [1.165, 1.54) is 0 Å². The van der Waals surface area contributed by atoms with Gasteiger partial charge in [0.05, 0.1) is 7.11 Å². The van der Waals surface area contributed by atoms with Gasteiger partial charge in [-0.1, -0.05) is 12.1 Å². The van der Waals surface area contributed by atoms with Crippen molar-refractivity contribution in [3.63, 3.8) is 0 Å². The molecule has 1 fully saturated rings. The second-order valence-corrected chi connectivity index (χ2v) is 7.34. The number of carbonyl (C=O) groups is 1. The number of carbonyl (C=O) groups excluding carboxylic acids is 1. The number of nitrogens with zero attached hydrogens (tertiary/aromatic N) is 4. The van der Waals surface area contributed by atoms with Gasteiger partial charge >= 0.3 is 0 Å². The molecule has 4 rings (SSSR count). The van der Waals surface area contributed by atoms with Crippen LogP contribution in [0.3, 0.4) is 0 Å². The third kappa shape index (κ3) is 5.55. The van der Waals surface area contributed by atoms with E-state index in [4.69, 9.17) is 13.9 Å². The summed E-state index contributed by atoms with van der Waals surface area (Å²) in [5.41, 5.74) is 0. The van der Waals surface area contributed by atoms with E-state index in [1.54, 1.807) is 31.6 Å². The molecule has 3 aromatic rings. The molecule has 0 atom stereocenters. The predicted molar refractivity (Wildman–Crippen MR) is 119 cm³/mol. The van der Waals surface area contributed by atoms with Crippen molar-refractivity contribution in [1.82, 2.24) is 20.2 Å². The highest BCUT2D eigenvalue weighted by molar-refractivity contribution is 5.91. The zero-order valence-corrected chi connectivity index (χ0v) is 18.1. The largest absolute Gasteiger partial charge is 0.493 e. The number of rotatable bonds is 9. The second-order valence-electron chi connectivity index (χ2n) is 7.34. The van der Waals surface area contributed by atoms with Crippen LogP contribution < -0.4 is 19.7 Å². The van der Waals surface area contributed by atoms with E-state index in [0.29, 0.717) is 23.8 Å². The fraction of sp³-hybridized carbons (Fsp3) is 0.348. The monoisotopic (exact) mass is 437 g/mol. The van der Waals surface area contributed by atoms with Gasteiger partial charge in [0, 0.05) is 51.7 Å². The van der Waals surface area contributed by atoms with Crippen LogP contribution in [0.25, 0.3) is 0 Å². The van der Waals surface area contributed by atoms with Crippen LogP contribution in [0.1, 0.15) is 16.3 Å². The van der Waals surface area contributed by atoms with Gasteiger partial charge in [-0.3, -0.25) is 9.69 Å². The Kier molecular flexibility index (Phi) is 7.19. The van der Waals surface area contributed by atoms with Crippen LogP contribution in [0, 0.1) is 0 Å². The quantitative estimate of drug-likeness (QED) is 0.545. The van der Waals surface area contributed by atoms with Gasteiger partial charge in [0.1, 0.15) is 12.4 Å². The Bertz CT molecular complexity index is 1000. The van der Waals surface area contributed by atoms with Crippen LogP contribution in [0.5, 0.6) is 11.5 Å². The molecule has 1 saturated heterocycles. The molecule has 0 aliphatic carbocycles. The number of ether oxygens (including phenoxy) is 2. The lowest BCUT2D eigenvalue weighted by molar-refractivity contribution is 0.0916. The predicted octanol–water partition coefficient (Wildman–Crippen LogP) is 2.21. The SMILES string of the molecule is COc1ccccc1OCc1ccc(C(=O)NCCN2CCN(c3ncccn3)CC2)o1. The van der Waals surface area contributed by atoms with E-state index in [1.807, 2.05) is 30.3 Å². The number of furan rings is 1. The highest BCUT2D eigenvalue weighted by atomic mass is 16.5. The summed E-state index contributed by atoms with van der Waals surface area (Å²) in [5.74, 6) is 2.65. The van der Waals surface area contributed by atoms with Crippen molar-refractivity contribution in [2.24, 2.45) is 0 Å². The number of anilines is 1. The lowest BCUT2D eigenvalue weighted by Gasteiger charge is -2.34. The molecule has 3 heterocycles. The van der Waals surface area contributed by atoms with Crippen molar-refractivity contribution in [1.29, 1.82) is 0 Å². The zero-order chi connectivity index (χ0) is 22.2. The van der Waals surface area contributed by atoms with Crippen LogP contribution >= 0.6 is 0 Å². The lowest BCUT2D eigenvalue weighted by atomic mass is 10.3. The minimum Gasteiger partial charge on any atom is -0.493 e. The molecule has 0 bridgehead atoms. The number of hydrogen-bond donors (Lipinski definition) is 1. The first-order valence-electron chi connectivity index (χ1n) is 10.6. The van der Waals surface area contributed by atoms with Gasteiger partial charge in [-0.2, -0.15) is 0 Å². The highest BCUT2D eigenvalue weighted by Gasteiger charge is 2.19. The summed E-state index contributed by atoms with van der Waals surface area (Å²) in [6, 6.07) is 12.6. The highest BCUT2D eigenvalue weighted by Crippen LogP contribution is 2.26. The number of benzene rings is 1. The molecule has 0 unspecified atom stereocenters. The Morgan fingerprint density at radius 3 is 2.53 bits per heavy atom. The molecule has 168 valence electrons. The molecule has 0 saturated carbocycles. The molecule has 0 radical (unpaired) electrons. The third-order valence-corrected chi connectivity index (χ3v) is 5.25. The number of para-hydroxylation sites is 2. The molecule has 1 amide bonds. The molecular weight excluding hydrogens is 410 g/mol. The molecular formula is C23H27N5O4. The summed E-state index contributed by atoms with van der Waals surface area (Å²) in [6.07, 6.45) is 3.52. The Hall–Kier alpha value is -3.59. The van der Waals surface area contributed by atoms with Crippen molar-refractivity contribution < 1.29 is 18.7 Å². The summed E-state index contributed by atoms with van der Waals surface area (Å²) in [6.45, 7) is 5.08. The third-order valence-electron chi connectivity index (χ3n) is 5.25. The number of nitrogens with one attached hydrogen (secondary N) is 1. The standard InChI is InChI=1S/C23H27N5O4/c1-30-19-5-2-3-6-20(19)31-17-18-7-8-21(32-18)22(29)24-11-12-27-13-15-28(16-14-27)23-25-9-4-10-26-23/h2-10H,11-17H2,1H3,(H,24,29). The maximum absolute atomic E-state index is 12.4.